The van der Waals surface area contributed by atoms with Gasteiger partial charge in [-0.2, -0.15) is 0 Å². The maximum Gasteiger partial charge on any atom is 0.142 e. The lowest BCUT2D eigenvalue weighted by molar-refractivity contribution is 0.415. The van der Waals surface area contributed by atoms with Crippen molar-refractivity contribution in [2.75, 3.05) is 19.5 Å². The highest BCUT2D eigenvalue weighted by atomic mass is 32.1. The Morgan fingerprint density at radius 1 is 1.12 bits per heavy atom. The fourth-order valence-electron chi connectivity index (χ4n) is 2.30. The number of thiazole rings is 1. The smallest absolute Gasteiger partial charge is 0.142 e. The number of benzene rings is 2. The fourth-order valence-corrected chi connectivity index (χ4v) is 3.04. The summed E-state index contributed by atoms with van der Waals surface area (Å²) in [6, 6.07) is 12.1. The Morgan fingerprint density at radius 3 is 2.79 bits per heavy atom. The summed E-state index contributed by atoms with van der Waals surface area (Å²) in [5.74, 6) is 1.08. The van der Waals surface area contributed by atoms with E-state index >= 15 is 0 Å². The van der Waals surface area contributed by atoms with Gasteiger partial charge in [-0.1, -0.05) is 12.1 Å². The number of hydrogen-bond donors (Lipinski definition) is 1. The third-order valence-corrected chi connectivity index (χ3v) is 4.36. The molecule has 1 heterocycles. The molecule has 0 bridgehead atoms. The van der Waals surface area contributed by atoms with Crippen LogP contribution in [0, 0.1) is 5.82 Å². The quantitative estimate of drug-likeness (QED) is 0.711. The van der Waals surface area contributed by atoms with Crippen molar-refractivity contribution in [1.82, 2.24) is 4.98 Å². The summed E-state index contributed by atoms with van der Waals surface area (Å²) in [6.07, 6.45) is 0. The molecule has 0 aliphatic heterocycles. The first kappa shape index (κ1) is 16.3. The van der Waals surface area contributed by atoms with Gasteiger partial charge < -0.3 is 14.8 Å². The van der Waals surface area contributed by atoms with Crippen LogP contribution in [0.15, 0.2) is 47.8 Å². The highest BCUT2D eigenvalue weighted by Gasteiger charge is 2.08. The topological polar surface area (TPSA) is 43.4 Å². The van der Waals surface area contributed by atoms with E-state index in [9.17, 15) is 4.39 Å². The summed E-state index contributed by atoms with van der Waals surface area (Å²) in [4.78, 5) is 4.61. The van der Waals surface area contributed by atoms with Crippen molar-refractivity contribution in [2.24, 2.45) is 0 Å². The van der Waals surface area contributed by atoms with Gasteiger partial charge in [-0.3, -0.25) is 0 Å². The molecule has 0 aliphatic rings. The highest BCUT2D eigenvalue weighted by molar-refractivity contribution is 7.09. The van der Waals surface area contributed by atoms with Gasteiger partial charge in [-0.15, -0.1) is 11.3 Å². The SMILES string of the molecule is COc1cccc(-c2csc(CNc3cc(F)ccc3OC)n2)c1. The normalized spacial score (nSPS) is 10.5. The van der Waals surface area contributed by atoms with Crippen LogP contribution in [0.4, 0.5) is 10.1 Å². The monoisotopic (exact) mass is 344 g/mol. The van der Waals surface area contributed by atoms with Crippen LogP contribution in [0.1, 0.15) is 5.01 Å². The summed E-state index contributed by atoms with van der Waals surface area (Å²) in [5, 5.41) is 6.06. The minimum Gasteiger partial charge on any atom is -0.497 e. The van der Waals surface area contributed by atoms with Crippen molar-refractivity contribution in [3.05, 3.63) is 58.7 Å². The van der Waals surface area contributed by atoms with Crippen LogP contribution < -0.4 is 14.8 Å². The van der Waals surface area contributed by atoms with Crippen LogP contribution in [-0.2, 0) is 6.54 Å². The minimum atomic E-state index is -0.311. The van der Waals surface area contributed by atoms with Gasteiger partial charge in [0, 0.05) is 17.0 Å². The molecule has 1 N–H and O–H groups in total. The Hall–Kier alpha value is -2.60. The average Bonchev–Trinajstić information content (AvgIpc) is 3.09. The van der Waals surface area contributed by atoms with E-state index in [1.165, 1.54) is 12.1 Å². The number of aromatic nitrogens is 1. The number of ether oxygens (including phenoxy) is 2. The van der Waals surface area contributed by atoms with Crippen LogP contribution in [0.2, 0.25) is 0 Å². The molecular formula is C18H17FN2O2S. The number of rotatable bonds is 6. The van der Waals surface area contributed by atoms with E-state index in [2.05, 4.69) is 10.3 Å². The molecule has 0 saturated carbocycles. The van der Waals surface area contributed by atoms with Crippen molar-refractivity contribution >= 4 is 17.0 Å². The Balaban J connectivity index is 1.74. The Bertz CT molecular complexity index is 835. The van der Waals surface area contributed by atoms with Gasteiger partial charge >= 0.3 is 0 Å². The highest BCUT2D eigenvalue weighted by Crippen LogP contribution is 2.28. The molecule has 0 atom stereocenters. The van der Waals surface area contributed by atoms with E-state index < -0.39 is 0 Å². The largest absolute Gasteiger partial charge is 0.497 e. The predicted molar refractivity (Wildman–Crippen MR) is 94.4 cm³/mol. The number of nitrogens with zero attached hydrogens (tertiary/aromatic N) is 1. The Morgan fingerprint density at radius 2 is 2.00 bits per heavy atom. The molecule has 0 fully saturated rings. The zero-order chi connectivity index (χ0) is 16.9. The van der Waals surface area contributed by atoms with Gasteiger partial charge in [0.1, 0.15) is 22.3 Å². The number of methoxy groups -OCH3 is 2. The molecule has 0 saturated heterocycles. The molecule has 3 aromatic rings. The van der Waals surface area contributed by atoms with Gasteiger partial charge in [0.25, 0.3) is 0 Å². The van der Waals surface area contributed by atoms with Crippen molar-refractivity contribution < 1.29 is 13.9 Å². The molecule has 0 amide bonds. The van der Waals surface area contributed by atoms with Crippen molar-refractivity contribution in [3.63, 3.8) is 0 Å². The molecule has 0 aliphatic carbocycles. The second-order valence-corrected chi connectivity index (χ2v) is 6.00. The number of halogens is 1. The molecule has 4 nitrogen and oxygen atoms in total. The molecule has 6 heteroatoms. The van der Waals surface area contributed by atoms with Gasteiger partial charge in [0.2, 0.25) is 0 Å². The maximum absolute atomic E-state index is 13.4. The second kappa shape index (κ2) is 7.31. The van der Waals surface area contributed by atoms with E-state index in [-0.39, 0.29) is 5.82 Å². The van der Waals surface area contributed by atoms with E-state index in [4.69, 9.17) is 9.47 Å². The fraction of sp³-hybridized carbons (Fsp3) is 0.167. The molecule has 2 aromatic carbocycles. The summed E-state index contributed by atoms with van der Waals surface area (Å²) < 4.78 is 23.9. The van der Waals surface area contributed by atoms with E-state index in [0.717, 1.165) is 22.0 Å². The van der Waals surface area contributed by atoms with Crippen molar-refractivity contribution in [1.29, 1.82) is 0 Å². The molecule has 3 rings (SSSR count). The number of nitrogens with one attached hydrogen (secondary N) is 1. The van der Waals surface area contributed by atoms with Gasteiger partial charge in [0.15, 0.2) is 0 Å². The average molecular weight is 344 g/mol. The summed E-state index contributed by atoms with van der Waals surface area (Å²) in [5.41, 5.74) is 2.50. The first-order chi connectivity index (χ1) is 11.7. The Kier molecular flexibility index (Phi) is 4.96. The second-order valence-electron chi connectivity index (χ2n) is 5.06. The lowest BCUT2D eigenvalue weighted by atomic mass is 10.2. The Labute approximate surface area is 143 Å². The summed E-state index contributed by atoms with van der Waals surface area (Å²) in [6.45, 7) is 0.494. The molecule has 0 radical (unpaired) electrons. The van der Waals surface area contributed by atoms with Crippen LogP contribution in [0.25, 0.3) is 11.3 Å². The first-order valence-corrected chi connectivity index (χ1v) is 8.24. The molecule has 124 valence electrons. The zero-order valence-corrected chi connectivity index (χ0v) is 14.2. The molecule has 0 unspecified atom stereocenters. The molecule has 1 aromatic heterocycles. The predicted octanol–water partition coefficient (Wildman–Crippen LogP) is 4.58. The van der Waals surface area contributed by atoms with Crippen LogP contribution in [0.3, 0.4) is 0 Å². The van der Waals surface area contributed by atoms with E-state index in [1.807, 2.05) is 29.6 Å². The number of hydrogen-bond acceptors (Lipinski definition) is 5. The van der Waals surface area contributed by atoms with E-state index in [1.54, 1.807) is 31.6 Å². The molecule has 0 spiro atoms. The van der Waals surface area contributed by atoms with Crippen LogP contribution in [0.5, 0.6) is 11.5 Å². The van der Waals surface area contributed by atoms with Gasteiger partial charge in [0.05, 0.1) is 32.1 Å². The molecular weight excluding hydrogens is 327 g/mol. The van der Waals surface area contributed by atoms with Gasteiger partial charge in [-0.05, 0) is 24.3 Å². The summed E-state index contributed by atoms with van der Waals surface area (Å²) in [7, 11) is 3.20. The number of anilines is 1. The third kappa shape index (κ3) is 3.65. The minimum absolute atomic E-state index is 0.311. The molecule has 24 heavy (non-hydrogen) atoms. The zero-order valence-electron chi connectivity index (χ0n) is 13.4. The van der Waals surface area contributed by atoms with Crippen molar-refractivity contribution in [3.8, 4) is 22.8 Å². The van der Waals surface area contributed by atoms with E-state index in [0.29, 0.717) is 18.0 Å². The van der Waals surface area contributed by atoms with Crippen molar-refractivity contribution in [2.45, 2.75) is 6.54 Å². The maximum atomic E-state index is 13.4. The van der Waals surface area contributed by atoms with Gasteiger partial charge in [-0.25, -0.2) is 9.37 Å². The standard InChI is InChI=1S/C18H17FN2O2S/c1-22-14-5-3-4-12(8-14)16-11-24-18(21-16)10-20-15-9-13(19)6-7-17(15)23-2/h3-9,11,20H,10H2,1-2H3. The van der Waals surface area contributed by atoms with Crippen LogP contribution in [-0.4, -0.2) is 19.2 Å². The third-order valence-electron chi connectivity index (χ3n) is 3.51. The summed E-state index contributed by atoms with van der Waals surface area (Å²) >= 11 is 1.55. The lowest BCUT2D eigenvalue weighted by Crippen LogP contribution is -2.01. The van der Waals surface area contributed by atoms with Crippen LogP contribution >= 0.6 is 11.3 Å². The lowest BCUT2D eigenvalue weighted by Gasteiger charge is -2.09. The first-order valence-electron chi connectivity index (χ1n) is 7.36.